The Balaban J connectivity index is 2.87. The lowest BCUT2D eigenvalue weighted by Gasteiger charge is -2.28. The van der Waals surface area contributed by atoms with Crippen molar-refractivity contribution < 1.29 is 32.6 Å². The van der Waals surface area contributed by atoms with Gasteiger partial charge < -0.3 is 14.7 Å². The van der Waals surface area contributed by atoms with Crippen LogP contribution in [-0.2, 0) is 9.53 Å². The quantitative estimate of drug-likeness (QED) is 0.801. The first-order valence-electron chi connectivity index (χ1n) is 5.67. The van der Waals surface area contributed by atoms with Crippen LogP contribution in [0.2, 0.25) is 0 Å². The third kappa shape index (κ3) is 3.10. The number of alkyl halides is 3. The molecule has 0 saturated carbocycles. The monoisotopic (exact) mass is 283 g/mol. The summed E-state index contributed by atoms with van der Waals surface area (Å²) in [6.07, 6.45) is -6.50. The summed E-state index contributed by atoms with van der Waals surface area (Å²) < 4.78 is 43.6. The standard InChI is InChI=1S/C11H16F3NO4/c1-9(2,3)19-8(18)15-5-4-10(6-15,7(16)17)11(12,13)14/h4-6H2,1-3H3,(H,16,17)/t10-/m0/s1. The van der Waals surface area contributed by atoms with Crippen molar-refractivity contribution in [2.45, 2.75) is 39.0 Å². The van der Waals surface area contributed by atoms with E-state index in [1.807, 2.05) is 0 Å². The van der Waals surface area contributed by atoms with Gasteiger partial charge in [0.2, 0.25) is 0 Å². The zero-order valence-electron chi connectivity index (χ0n) is 10.9. The molecule has 19 heavy (non-hydrogen) atoms. The summed E-state index contributed by atoms with van der Waals surface area (Å²) in [5.74, 6) is -1.97. The molecule has 1 amide bonds. The van der Waals surface area contributed by atoms with Crippen molar-refractivity contribution in [2.75, 3.05) is 13.1 Å². The van der Waals surface area contributed by atoms with E-state index in [1.165, 1.54) is 0 Å². The van der Waals surface area contributed by atoms with Gasteiger partial charge in [-0.05, 0) is 27.2 Å². The summed E-state index contributed by atoms with van der Waals surface area (Å²) in [5, 5.41) is 8.83. The van der Waals surface area contributed by atoms with Crippen LogP contribution >= 0.6 is 0 Å². The number of halogens is 3. The molecule has 0 bridgehead atoms. The van der Waals surface area contributed by atoms with Gasteiger partial charge in [0.1, 0.15) is 5.60 Å². The van der Waals surface area contributed by atoms with Crippen LogP contribution in [0.4, 0.5) is 18.0 Å². The van der Waals surface area contributed by atoms with E-state index in [0.29, 0.717) is 0 Å². The first kappa shape index (κ1) is 15.6. The van der Waals surface area contributed by atoms with Crippen LogP contribution in [-0.4, -0.2) is 46.9 Å². The molecule has 0 aromatic carbocycles. The third-order valence-corrected chi connectivity index (χ3v) is 2.87. The number of amides is 1. The van der Waals surface area contributed by atoms with Gasteiger partial charge in [0.25, 0.3) is 0 Å². The molecule has 110 valence electrons. The number of aliphatic carboxylic acids is 1. The van der Waals surface area contributed by atoms with E-state index in [-0.39, 0.29) is 6.54 Å². The number of carboxylic acids is 1. The highest BCUT2D eigenvalue weighted by Gasteiger charge is 2.64. The van der Waals surface area contributed by atoms with Gasteiger partial charge >= 0.3 is 18.2 Å². The van der Waals surface area contributed by atoms with E-state index < -0.39 is 42.2 Å². The molecule has 0 aromatic rings. The predicted octanol–water partition coefficient (Wildman–Crippen LogP) is 2.26. The number of carboxylic acid groups (broad SMARTS) is 1. The van der Waals surface area contributed by atoms with Crippen LogP contribution in [0.5, 0.6) is 0 Å². The fourth-order valence-corrected chi connectivity index (χ4v) is 1.82. The molecule has 5 nitrogen and oxygen atoms in total. The van der Waals surface area contributed by atoms with Crippen molar-refractivity contribution in [1.29, 1.82) is 0 Å². The summed E-state index contributed by atoms with van der Waals surface area (Å²) in [7, 11) is 0. The lowest BCUT2D eigenvalue weighted by atomic mass is 9.86. The molecule has 1 aliphatic heterocycles. The highest BCUT2D eigenvalue weighted by atomic mass is 19.4. The molecule has 1 heterocycles. The molecule has 0 aromatic heterocycles. The number of hydrogen-bond acceptors (Lipinski definition) is 3. The summed E-state index contributed by atoms with van der Waals surface area (Å²) in [4.78, 5) is 23.4. The number of carbonyl (C=O) groups excluding carboxylic acids is 1. The Morgan fingerprint density at radius 3 is 2.11 bits per heavy atom. The average molecular weight is 283 g/mol. The molecule has 8 heteroatoms. The van der Waals surface area contributed by atoms with Gasteiger partial charge in [-0.1, -0.05) is 0 Å². The average Bonchev–Trinajstić information content (AvgIpc) is 2.58. The van der Waals surface area contributed by atoms with Gasteiger partial charge in [-0.15, -0.1) is 0 Å². The number of nitrogens with zero attached hydrogens (tertiary/aromatic N) is 1. The highest BCUT2D eigenvalue weighted by molar-refractivity contribution is 5.79. The lowest BCUT2D eigenvalue weighted by Crippen LogP contribution is -2.48. The number of ether oxygens (including phenoxy) is 1. The van der Waals surface area contributed by atoms with Crippen molar-refractivity contribution in [1.82, 2.24) is 4.90 Å². The van der Waals surface area contributed by atoms with E-state index in [0.717, 1.165) is 4.90 Å². The summed E-state index contributed by atoms with van der Waals surface area (Å²) in [6, 6.07) is 0. The van der Waals surface area contributed by atoms with Gasteiger partial charge in [0.05, 0.1) is 0 Å². The molecule has 1 rings (SSSR count). The number of carbonyl (C=O) groups is 2. The smallest absolute Gasteiger partial charge is 0.410 e. The van der Waals surface area contributed by atoms with Crippen LogP contribution in [0.1, 0.15) is 27.2 Å². The summed E-state index contributed by atoms with van der Waals surface area (Å²) >= 11 is 0. The fourth-order valence-electron chi connectivity index (χ4n) is 1.82. The van der Waals surface area contributed by atoms with E-state index in [2.05, 4.69) is 0 Å². The molecule has 0 unspecified atom stereocenters. The first-order valence-corrected chi connectivity index (χ1v) is 5.67. The third-order valence-electron chi connectivity index (χ3n) is 2.87. The number of hydrogen-bond donors (Lipinski definition) is 1. The Morgan fingerprint density at radius 2 is 1.79 bits per heavy atom. The Labute approximate surface area is 108 Å². The van der Waals surface area contributed by atoms with Crippen molar-refractivity contribution in [3.63, 3.8) is 0 Å². The van der Waals surface area contributed by atoms with Gasteiger partial charge in [-0.25, -0.2) is 4.79 Å². The maximum Gasteiger partial charge on any atom is 0.410 e. The molecule has 1 saturated heterocycles. The van der Waals surface area contributed by atoms with Crippen LogP contribution in [0.15, 0.2) is 0 Å². The topological polar surface area (TPSA) is 66.8 Å². The van der Waals surface area contributed by atoms with Crippen molar-refractivity contribution in [2.24, 2.45) is 5.41 Å². The van der Waals surface area contributed by atoms with Gasteiger partial charge in [0, 0.05) is 13.1 Å². The van der Waals surface area contributed by atoms with E-state index in [4.69, 9.17) is 9.84 Å². The normalized spacial score (nSPS) is 24.4. The maximum absolute atomic E-state index is 12.9. The molecular weight excluding hydrogens is 267 g/mol. The van der Waals surface area contributed by atoms with Crippen LogP contribution < -0.4 is 0 Å². The summed E-state index contributed by atoms with van der Waals surface area (Å²) in [5.41, 5.74) is -3.74. The van der Waals surface area contributed by atoms with E-state index in [9.17, 15) is 22.8 Å². The van der Waals surface area contributed by atoms with E-state index in [1.54, 1.807) is 20.8 Å². The predicted molar refractivity (Wildman–Crippen MR) is 58.5 cm³/mol. The molecular formula is C11H16F3NO4. The lowest BCUT2D eigenvalue weighted by molar-refractivity contribution is -0.227. The fraction of sp³-hybridized carbons (Fsp3) is 0.818. The van der Waals surface area contributed by atoms with Crippen LogP contribution in [0.25, 0.3) is 0 Å². The Kier molecular flexibility index (Phi) is 3.75. The van der Waals surface area contributed by atoms with Crippen molar-refractivity contribution in [3.8, 4) is 0 Å². The second-order valence-electron chi connectivity index (χ2n) is 5.54. The molecule has 0 radical (unpaired) electrons. The molecule has 1 N–H and O–H groups in total. The van der Waals surface area contributed by atoms with Crippen molar-refractivity contribution in [3.05, 3.63) is 0 Å². The minimum absolute atomic E-state index is 0.291. The van der Waals surface area contributed by atoms with Crippen LogP contribution in [0.3, 0.4) is 0 Å². The molecule has 0 aliphatic carbocycles. The van der Waals surface area contributed by atoms with Gasteiger partial charge in [0.15, 0.2) is 5.41 Å². The van der Waals surface area contributed by atoms with Gasteiger partial charge in [-0.2, -0.15) is 13.2 Å². The van der Waals surface area contributed by atoms with Gasteiger partial charge in [-0.3, -0.25) is 4.79 Å². The Morgan fingerprint density at radius 1 is 1.26 bits per heavy atom. The minimum atomic E-state index is -4.91. The maximum atomic E-state index is 12.9. The summed E-state index contributed by atoms with van der Waals surface area (Å²) in [6.45, 7) is 3.53. The molecule has 1 atom stereocenters. The largest absolute Gasteiger partial charge is 0.481 e. The zero-order valence-corrected chi connectivity index (χ0v) is 10.9. The Bertz CT molecular complexity index is 388. The number of rotatable bonds is 1. The molecule has 1 fully saturated rings. The highest BCUT2D eigenvalue weighted by Crippen LogP contribution is 2.45. The second-order valence-corrected chi connectivity index (χ2v) is 5.54. The minimum Gasteiger partial charge on any atom is -0.481 e. The number of likely N-dealkylation sites (tertiary alicyclic amines) is 1. The SMILES string of the molecule is CC(C)(C)OC(=O)N1CC[C@](C(=O)O)(C(F)(F)F)C1. The molecule has 1 aliphatic rings. The van der Waals surface area contributed by atoms with Crippen molar-refractivity contribution >= 4 is 12.1 Å². The van der Waals surface area contributed by atoms with E-state index >= 15 is 0 Å². The Hall–Kier alpha value is -1.47. The first-order chi connectivity index (χ1) is 8.39. The zero-order chi connectivity index (χ0) is 15.1. The molecule has 0 spiro atoms. The second kappa shape index (κ2) is 4.57. The van der Waals surface area contributed by atoms with Crippen LogP contribution in [0, 0.1) is 5.41 Å².